The summed E-state index contributed by atoms with van der Waals surface area (Å²) in [6.45, 7) is 3.69. The van der Waals surface area contributed by atoms with Crippen LogP contribution in [0.5, 0.6) is 0 Å². The van der Waals surface area contributed by atoms with Gasteiger partial charge in [-0.05, 0) is 48.2 Å². The van der Waals surface area contributed by atoms with Crippen molar-refractivity contribution in [2.24, 2.45) is 11.8 Å². The molecule has 0 aliphatic heterocycles. The topological polar surface area (TPSA) is 58.2 Å². The summed E-state index contributed by atoms with van der Waals surface area (Å²) >= 11 is 3.47. The van der Waals surface area contributed by atoms with Gasteiger partial charge in [-0.2, -0.15) is 0 Å². The molecule has 3 rings (SSSR count). The van der Waals surface area contributed by atoms with E-state index in [0.29, 0.717) is 11.4 Å². The molecule has 2 aromatic carbocycles. The van der Waals surface area contributed by atoms with Gasteiger partial charge in [0.2, 0.25) is 11.8 Å². The van der Waals surface area contributed by atoms with Crippen LogP contribution in [0.2, 0.25) is 0 Å². The number of halogens is 1. The lowest BCUT2D eigenvalue weighted by Crippen LogP contribution is -2.18. The number of carbonyl (C=O) groups is 2. The monoisotopic (exact) mass is 400 g/mol. The first-order chi connectivity index (χ1) is 11.9. The smallest absolute Gasteiger partial charge is 0.228 e. The Kier molecular flexibility index (Phi) is 5.23. The molecule has 4 nitrogen and oxygen atoms in total. The SMILES string of the molecule is CC(C)C(=O)Nc1cccc(NC(=O)C2CC2c2cccc(Br)c2)c1. The highest BCUT2D eigenvalue weighted by Gasteiger charge is 2.43. The zero-order valence-electron chi connectivity index (χ0n) is 14.3. The van der Waals surface area contributed by atoms with Crippen molar-refractivity contribution < 1.29 is 9.59 Å². The number of carbonyl (C=O) groups excluding carboxylic acids is 2. The highest BCUT2D eigenvalue weighted by Crippen LogP contribution is 2.48. The molecule has 25 heavy (non-hydrogen) atoms. The number of amides is 2. The van der Waals surface area contributed by atoms with Crippen LogP contribution in [0.4, 0.5) is 11.4 Å². The first-order valence-electron chi connectivity index (χ1n) is 8.41. The van der Waals surface area contributed by atoms with Gasteiger partial charge in [-0.3, -0.25) is 9.59 Å². The Bertz CT molecular complexity index is 804. The second-order valence-electron chi connectivity index (χ2n) is 6.72. The molecule has 2 aromatic rings. The maximum atomic E-state index is 12.5. The molecule has 0 saturated heterocycles. The second-order valence-corrected chi connectivity index (χ2v) is 7.63. The van der Waals surface area contributed by atoms with Crippen LogP contribution >= 0.6 is 15.9 Å². The summed E-state index contributed by atoms with van der Waals surface area (Å²) in [5.41, 5.74) is 2.58. The number of anilines is 2. The van der Waals surface area contributed by atoms with E-state index in [-0.39, 0.29) is 29.6 Å². The lowest BCUT2D eigenvalue weighted by Gasteiger charge is -2.10. The Morgan fingerprint density at radius 1 is 1.04 bits per heavy atom. The van der Waals surface area contributed by atoms with E-state index >= 15 is 0 Å². The average Bonchev–Trinajstić information content (AvgIpc) is 3.36. The van der Waals surface area contributed by atoms with Crippen molar-refractivity contribution >= 4 is 39.1 Å². The predicted octanol–water partition coefficient (Wildman–Crippen LogP) is 4.79. The summed E-state index contributed by atoms with van der Waals surface area (Å²) in [6, 6.07) is 15.4. The van der Waals surface area contributed by atoms with E-state index in [1.54, 1.807) is 6.07 Å². The van der Waals surface area contributed by atoms with Crippen LogP contribution in [0.1, 0.15) is 31.7 Å². The Labute approximate surface area is 156 Å². The highest BCUT2D eigenvalue weighted by molar-refractivity contribution is 9.10. The third kappa shape index (κ3) is 4.48. The Balaban J connectivity index is 1.61. The molecule has 130 valence electrons. The quantitative estimate of drug-likeness (QED) is 0.757. The van der Waals surface area contributed by atoms with E-state index < -0.39 is 0 Å². The summed E-state index contributed by atoms with van der Waals surface area (Å²) in [6.07, 6.45) is 0.867. The van der Waals surface area contributed by atoms with Gasteiger partial charge >= 0.3 is 0 Å². The van der Waals surface area contributed by atoms with Crippen LogP contribution in [0, 0.1) is 11.8 Å². The molecule has 0 bridgehead atoms. The van der Waals surface area contributed by atoms with Crippen molar-refractivity contribution in [1.29, 1.82) is 0 Å². The van der Waals surface area contributed by atoms with Gasteiger partial charge < -0.3 is 10.6 Å². The van der Waals surface area contributed by atoms with Gasteiger partial charge in [-0.1, -0.05) is 48.0 Å². The zero-order chi connectivity index (χ0) is 18.0. The zero-order valence-corrected chi connectivity index (χ0v) is 15.8. The van der Waals surface area contributed by atoms with Crippen molar-refractivity contribution in [3.05, 3.63) is 58.6 Å². The summed E-state index contributed by atoms with van der Waals surface area (Å²) < 4.78 is 1.03. The third-order valence-corrected chi connectivity index (χ3v) is 4.82. The lowest BCUT2D eigenvalue weighted by atomic mass is 10.1. The fourth-order valence-electron chi connectivity index (χ4n) is 2.79. The largest absolute Gasteiger partial charge is 0.326 e. The lowest BCUT2D eigenvalue weighted by molar-refractivity contribution is -0.119. The molecule has 2 N–H and O–H groups in total. The molecule has 0 aromatic heterocycles. The van der Waals surface area contributed by atoms with E-state index in [1.807, 2.05) is 44.2 Å². The summed E-state index contributed by atoms with van der Waals surface area (Å²) in [4.78, 5) is 24.3. The summed E-state index contributed by atoms with van der Waals surface area (Å²) in [5.74, 6) is 0.179. The first kappa shape index (κ1) is 17.7. The second kappa shape index (κ2) is 7.40. The fourth-order valence-corrected chi connectivity index (χ4v) is 3.20. The van der Waals surface area contributed by atoms with E-state index in [1.165, 1.54) is 5.56 Å². The third-order valence-electron chi connectivity index (χ3n) is 4.33. The van der Waals surface area contributed by atoms with Gasteiger partial charge in [-0.15, -0.1) is 0 Å². The normalized spacial score (nSPS) is 18.7. The summed E-state index contributed by atoms with van der Waals surface area (Å²) in [7, 11) is 0. The minimum Gasteiger partial charge on any atom is -0.326 e. The van der Waals surface area contributed by atoms with Crippen LogP contribution < -0.4 is 10.6 Å². The van der Waals surface area contributed by atoms with Crippen LogP contribution in [-0.2, 0) is 9.59 Å². The molecule has 0 spiro atoms. The van der Waals surface area contributed by atoms with Crippen molar-refractivity contribution in [2.45, 2.75) is 26.2 Å². The van der Waals surface area contributed by atoms with Gasteiger partial charge in [0.1, 0.15) is 0 Å². The van der Waals surface area contributed by atoms with Gasteiger partial charge in [0.25, 0.3) is 0 Å². The molecule has 2 atom stereocenters. The molecule has 1 fully saturated rings. The molecular weight excluding hydrogens is 380 g/mol. The van der Waals surface area contributed by atoms with Gasteiger partial charge in [0.05, 0.1) is 0 Å². The van der Waals surface area contributed by atoms with Gasteiger partial charge in [0.15, 0.2) is 0 Å². The maximum Gasteiger partial charge on any atom is 0.228 e. The van der Waals surface area contributed by atoms with Gasteiger partial charge in [-0.25, -0.2) is 0 Å². The van der Waals surface area contributed by atoms with Crippen molar-refractivity contribution in [3.63, 3.8) is 0 Å². The molecule has 2 amide bonds. The molecule has 2 unspecified atom stereocenters. The molecule has 5 heteroatoms. The highest BCUT2D eigenvalue weighted by atomic mass is 79.9. The Morgan fingerprint density at radius 2 is 1.72 bits per heavy atom. The molecular formula is C20H21BrN2O2. The van der Waals surface area contributed by atoms with Gasteiger partial charge in [0, 0.05) is 27.7 Å². The first-order valence-corrected chi connectivity index (χ1v) is 9.20. The van der Waals surface area contributed by atoms with Crippen LogP contribution in [0.15, 0.2) is 53.0 Å². The molecule has 1 saturated carbocycles. The molecule has 1 aliphatic rings. The molecule has 0 radical (unpaired) electrons. The Morgan fingerprint density at radius 3 is 2.40 bits per heavy atom. The number of hydrogen-bond acceptors (Lipinski definition) is 2. The number of rotatable bonds is 5. The fraction of sp³-hybridized carbons (Fsp3) is 0.300. The predicted molar refractivity (Wildman–Crippen MR) is 104 cm³/mol. The van der Waals surface area contributed by atoms with E-state index in [2.05, 4.69) is 38.7 Å². The van der Waals surface area contributed by atoms with E-state index in [0.717, 1.165) is 10.9 Å². The van der Waals surface area contributed by atoms with E-state index in [9.17, 15) is 9.59 Å². The van der Waals surface area contributed by atoms with Crippen molar-refractivity contribution in [2.75, 3.05) is 10.6 Å². The van der Waals surface area contributed by atoms with Crippen LogP contribution in [0.3, 0.4) is 0 Å². The van der Waals surface area contributed by atoms with Crippen molar-refractivity contribution in [3.8, 4) is 0 Å². The van der Waals surface area contributed by atoms with Crippen molar-refractivity contribution in [1.82, 2.24) is 0 Å². The number of benzene rings is 2. The number of hydrogen-bond donors (Lipinski definition) is 2. The average molecular weight is 401 g/mol. The van der Waals surface area contributed by atoms with Crippen LogP contribution in [-0.4, -0.2) is 11.8 Å². The van der Waals surface area contributed by atoms with E-state index in [4.69, 9.17) is 0 Å². The molecule has 0 heterocycles. The summed E-state index contributed by atoms with van der Waals surface area (Å²) in [5, 5.41) is 5.80. The standard InChI is InChI=1S/C20H21BrN2O2/c1-12(2)19(24)22-15-7-4-8-16(10-15)23-20(25)18-11-17(18)13-5-3-6-14(21)9-13/h3-10,12,17-18H,11H2,1-2H3,(H,22,24)(H,23,25). The maximum absolute atomic E-state index is 12.5. The Hall–Kier alpha value is -2.14. The molecule has 1 aliphatic carbocycles. The minimum absolute atomic E-state index is 0.00297. The number of nitrogens with one attached hydrogen (secondary N) is 2. The van der Waals surface area contributed by atoms with Crippen LogP contribution in [0.25, 0.3) is 0 Å². The minimum atomic E-state index is -0.0873.